The molecule has 0 unspecified atom stereocenters. The predicted molar refractivity (Wildman–Crippen MR) is 135 cm³/mol. The highest BCUT2D eigenvalue weighted by Crippen LogP contribution is 2.33. The Bertz CT molecular complexity index is 1690. The Morgan fingerprint density at radius 3 is 2.50 bits per heavy atom. The number of aromatic nitrogens is 5. The monoisotopic (exact) mass is 521 g/mol. The molecule has 12 heteroatoms. The molecule has 0 radical (unpaired) electrons. The van der Waals surface area contributed by atoms with E-state index in [1.165, 1.54) is 24.0 Å². The number of alkyl halides is 3. The van der Waals surface area contributed by atoms with Gasteiger partial charge in [-0.15, -0.1) is 0 Å². The van der Waals surface area contributed by atoms with Gasteiger partial charge in [0.2, 0.25) is 0 Å². The van der Waals surface area contributed by atoms with Crippen molar-refractivity contribution in [3.05, 3.63) is 77.9 Å². The molecular weight excluding hydrogens is 499 g/mol. The van der Waals surface area contributed by atoms with E-state index in [4.69, 9.17) is 0 Å². The standard InChI is InChI=1S/C26H22F3N7O2/c1-3-10-30-25(38)23-20(14-31-35(23)2)33-24(37)19-13-22-32-18(12-21(26(27,28)29)36(22)34-19)17-9-8-15-6-4-5-7-16(15)11-17/h4-9,11-14H,3,10H2,1-2H3,(H,30,38)(H,33,37). The molecule has 2 aromatic carbocycles. The minimum absolute atomic E-state index is 0.0876. The first-order valence-electron chi connectivity index (χ1n) is 11.7. The number of rotatable bonds is 6. The van der Waals surface area contributed by atoms with E-state index in [1.807, 2.05) is 31.2 Å². The van der Waals surface area contributed by atoms with Gasteiger partial charge in [-0.3, -0.25) is 14.3 Å². The molecule has 0 bridgehead atoms. The van der Waals surface area contributed by atoms with E-state index in [0.717, 1.165) is 16.8 Å². The van der Waals surface area contributed by atoms with Crippen molar-refractivity contribution in [2.24, 2.45) is 7.05 Å². The van der Waals surface area contributed by atoms with Crippen molar-refractivity contribution in [3.8, 4) is 11.3 Å². The number of halogens is 3. The van der Waals surface area contributed by atoms with Crippen LogP contribution in [0.3, 0.4) is 0 Å². The van der Waals surface area contributed by atoms with Crippen LogP contribution in [-0.4, -0.2) is 42.7 Å². The molecule has 3 heterocycles. The third kappa shape index (κ3) is 4.67. The fraction of sp³-hybridized carbons (Fsp3) is 0.192. The van der Waals surface area contributed by atoms with Gasteiger partial charge in [-0.25, -0.2) is 9.50 Å². The average molecular weight is 522 g/mol. The summed E-state index contributed by atoms with van der Waals surface area (Å²) in [6.45, 7) is 2.32. The van der Waals surface area contributed by atoms with Crippen LogP contribution in [-0.2, 0) is 13.2 Å². The van der Waals surface area contributed by atoms with Crippen molar-refractivity contribution < 1.29 is 22.8 Å². The van der Waals surface area contributed by atoms with Crippen LogP contribution in [0.1, 0.15) is 40.0 Å². The molecule has 0 spiro atoms. The predicted octanol–water partition coefficient (Wildman–Crippen LogP) is 4.69. The fourth-order valence-electron chi connectivity index (χ4n) is 4.09. The highest BCUT2D eigenvalue weighted by molar-refractivity contribution is 6.07. The van der Waals surface area contributed by atoms with Crippen molar-refractivity contribution in [3.63, 3.8) is 0 Å². The lowest BCUT2D eigenvalue weighted by Gasteiger charge is -2.11. The summed E-state index contributed by atoms with van der Waals surface area (Å²) < 4.78 is 44.0. The van der Waals surface area contributed by atoms with Gasteiger partial charge in [-0.1, -0.05) is 43.3 Å². The van der Waals surface area contributed by atoms with Gasteiger partial charge in [0, 0.05) is 25.2 Å². The van der Waals surface area contributed by atoms with E-state index < -0.39 is 23.7 Å². The van der Waals surface area contributed by atoms with Crippen LogP contribution in [0.15, 0.2) is 60.8 Å². The van der Waals surface area contributed by atoms with Gasteiger partial charge in [0.15, 0.2) is 17.0 Å². The second-order valence-electron chi connectivity index (χ2n) is 8.63. The molecule has 9 nitrogen and oxygen atoms in total. The summed E-state index contributed by atoms with van der Waals surface area (Å²) in [6.07, 6.45) is -2.77. The van der Waals surface area contributed by atoms with Crippen molar-refractivity contribution in [2.45, 2.75) is 19.5 Å². The smallest absolute Gasteiger partial charge is 0.351 e. The lowest BCUT2D eigenvalue weighted by molar-refractivity contribution is -0.142. The third-order valence-electron chi connectivity index (χ3n) is 5.93. The van der Waals surface area contributed by atoms with Gasteiger partial charge in [0.25, 0.3) is 11.8 Å². The number of aryl methyl sites for hydroxylation is 1. The molecule has 2 amide bonds. The van der Waals surface area contributed by atoms with Crippen molar-refractivity contribution in [1.82, 2.24) is 29.7 Å². The Morgan fingerprint density at radius 1 is 1.00 bits per heavy atom. The maximum Gasteiger partial charge on any atom is 0.433 e. The summed E-state index contributed by atoms with van der Waals surface area (Å²) >= 11 is 0. The van der Waals surface area contributed by atoms with Gasteiger partial charge in [-0.2, -0.15) is 23.4 Å². The number of carbonyl (C=O) groups excluding carboxylic acids is 2. The number of benzene rings is 2. The Labute approximate surface area is 214 Å². The van der Waals surface area contributed by atoms with Gasteiger partial charge in [-0.05, 0) is 29.3 Å². The number of hydrogen-bond donors (Lipinski definition) is 2. The van der Waals surface area contributed by atoms with E-state index in [0.29, 0.717) is 23.0 Å². The lowest BCUT2D eigenvalue weighted by Crippen LogP contribution is -2.27. The molecule has 0 atom stereocenters. The highest BCUT2D eigenvalue weighted by atomic mass is 19.4. The molecule has 194 valence electrons. The minimum atomic E-state index is -4.76. The van der Waals surface area contributed by atoms with Crippen LogP contribution in [0.5, 0.6) is 0 Å². The van der Waals surface area contributed by atoms with Crippen LogP contribution < -0.4 is 10.6 Å². The van der Waals surface area contributed by atoms with E-state index in [1.54, 1.807) is 18.2 Å². The molecule has 5 rings (SSSR count). The van der Waals surface area contributed by atoms with Gasteiger partial charge in [0.1, 0.15) is 5.69 Å². The van der Waals surface area contributed by atoms with Crippen LogP contribution in [0.25, 0.3) is 27.7 Å². The van der Waals surface area contributed by atoms with Gasteiger partial charge < -0.3 is 10.6 Å². The van der Waals surface area contributed by atoms with Crippen molar-refractivity contribution in [2.75, 3.05) is 11.9 Å². The highest BCUT2D eigenvalue weighted by Gasteiger charge is 2.36. The summed E-state index contributed by atoms with van der Waals surface area (Å²) in [4.78, 5) is 29.8. The molecule has 0 aliphatic carbocycles. The van der Waals surface area contributed by atoms with Crippen molar-refractivity contribution in [1.29, 1.82) is 0 Å². The van der Waals surface area contributed by atoms with Crippen LogP contribution in [0, 0.1) is 0 Å². The largest absolute Gasteiger partial charge is 0.433 e. The summed E-state index contributed by atoms with van der Waals surface area (Å²) in [5.41, 5.74) is -0.757. The van der Waals surface area contributed by atoms with Gasteiger partial charge >= 0.3 is 6.18 Å². The van der Waals surface area contributed by atoms with Crippen LogP contribution in [0.4, 0.5) is 18.9 Å². The van der Waals surface area contributed by atoms with E-state index in [2.05, 4.69) is 25.8 Å². The summed E-state index contributed by atoms with van der Waals surface area (Å²) in [5.74, 6) is -1.26. The molecule has 0 aliphatic rings. The normalized spacial score (nSPS) is 11.7. The number of fused-ring (bicyclic) bond motifs is 2. The number of anilines is 1. The summed E-state index contributed by atoms with van der Waals surface area (Å²) in [6, 6.07) is 14.8. The van der Waals surface area contributed by atoms with E-state index in [-0.39, 0.29) is 28.4 Å². The molecule has 38 heavy (non-hydrogen) atoms. The lowest BCUT2D eigenvalue weighted by atomic mass is 10.0. The summed E-state index contributed by atoms with van der Waals surface area (Å²) in [7, 11) is 1.54. The molecule has 5 aromatic rings. The maximum atomic E-state index is 14.0. The average Bonchev–Trinajstić information content (AvgIpc) is 3.49. The third-order valence-corrected chi connectivity index (χ3v) is 5.93. The van der Waals surface area contributed by atoms with Gasteiger partial charge in [0.05, 0.1) is 17.6 Å². The molecule has 3 aromatic heterocycles. The van der Waals surface area contributed by atoms with Crippen LogP contribution in [0.2, 0.25) is 0 Å². The topological polar surface area (TPSA) is 106 Å². The van der Waals surface area contributed by atoms with E-state index in [9.17, 15) is 22.8 Å². The molecule has 0 saturated heterocycles. The number of carbonyl (C=O) groups is 2. The van der Waals surface area contributed by atoms with Crippen molar-refractivity contribution >= 4 is 33.9 Å². The molecular formula is C26H22F3N7O2. The first-order valence-corrected chi connectivity index (χ1v) is 11.7. The number of nitrogens with zero attached hydrogens (tertiary/aromatic N) is 5. The Morgan fingerprint density at radius 2 is 1.76 bits per heavy atom. The molecule has 2 N–H and O–H groups in total. The zero-order valence-corrected chi connectivity index (χ0v) is 20.4. The molecule has 0 fully saturated rings. The second kappa shape index (κ2) is 9.61. The minimum Gasteiger partial charge on any atom is -0.351 e. The SMILES string of the molecule is CCCNC(=O)c1c(NC(=O)c2cc3nc(-c4ccc5ccccc5c4)cc(C(F)(F)F)n3n2)cnn1C. The number of nitrogens with one attached hydrogen (secondary N) is 2. The number of amides is 2. The first-order chi connectivity index (χ1) is 18.2. The fourth-order valence-corrected chi connectivity index (χ4v) is 4.09. The number of hydrogen-bond acceptors (Lipinski definition) is 5. The Kier molecular flexibility index (Phi) is 6.31. The summed E-state index contributed by atoms with van der Waals surface area (Å²) in [5, 5.41) is 14.9. The maximum absolute atomic E-state index is 14.0. The quantitative estimate of drug-likeness (QED) is 0.337. The first kappa shape index (κ1) is 24.9. The Hall–Kier alpha value is -4.74. The zero-order valence-electron chi connectivity index (χ0n) is 20.4. The Balaban J connectivity index is 1.53. The zero-order chi connectivity index (χ0) is 27.0. The second-order valence-corrected chi connectivity index (χ2v) is 8.63. The molecule has 0 saturated carbocycles. The van der Waals surface area contributed by atoms with E-state index >= 15 is 0 Å². The van der Waals surface area contributed by atoms with Crippen LogP contribution >= 0.6 is 0 Å². The molecule has 0 aliphatic heterocycles.